The van der Waals surface area contributed by atoms with Gasteiger partial charge in [0.25, 0.3) is 0 Å². The van der Waals surface area contributed by atoms with E-state index in [9.17, 15) is 0 Å². The predicted molar refractivity (Wildman–Crippen MR) is 37.4 cm³/mol. The van der Waals surface area contributed by atoms with Crippen LogP contribution in [0.25, 0.3) is 0 Å². The molecule has 0 spiro atoms. The lowest BCUT2D eigenvalue weighted by Crippen LogP contribution is -2.18. The maximum atomic E-state index is 9.08. The van der Waals surface area contributed by atoms with Crippen LogP contribution in [0.4, 0.5) is 0 Å². The van der Waals surface area contributed by atoms with Crippen molar-refractivity contribution in [3.8, 4) is 0 Å². The van der Waals surface area contributed by atoms with Crippen LogP contribution in [-0.2, 0) is 0 Å². The van der Waals surface area contributed by atoms with Crippen LogP contribution in [0.3, 0.4) is 0 Å². The molecule has 0 aromatic rings. The van der Waals surface area contributed by atoms with Gasteiger partial charge in [-0.05, 0) is 18.9 Å². The number of hydrogen-bond acceptors (Lipinski definition) is 3. The Morgan fingerprint density at radius 2 is 2.00 bits per heavy atom. The number of aliphatic hydroxyl groups is 1. The van der Waals surface area contributed by atoms with Gasteiger partial charge >= 0.3 is 0 Å². The minimum Gasteiger partial charge on any atom is -0.389 e. The third kappa shape index (κ3) is 2.37. The van der Waals surface area contributed by atoms with Gasteiger partial charge in [0.1, 0.15) is 0 Å². The Morgan fingerprint density at radius 3 is 2.11 bits per heavy atom. The Bertz CT molecular complexity index is 116. The second-order valence-corrected chi connectivity index (χ2v) is 2.06. The first kappa shape index (κ1) is 8.30. The quantitative estimate of drug-likeness (QED) is 0.489. The molecule has 0 amide bonds. The molecule has 5 N–H and O–H groups in total. The van der Waals surface area contributed by atoms with Gasteiger partial charge in [0.2, 0.25) is 0 Å². The monoisotopic (exact) mass is 130 g/mol. The molecule has 0 aromatic heterocycles. The fraction of sp³-hybridized carbons (Fsp3) is 0.667. The molecule has 0 fully saturated rings. The summed E-state index contributed by atoms with van der Waals surface area (Å²) in [6, 6.07) is 0. The number of rotatable bonds is 2. The molecule has 0 aromatic carbocycles. The Kier molecular flexibility index (Phi) is 3.09. The molecule has 0 saturated carbocycles. The van der Waals surface area contributed by atoms with Gasteiger partial charge in [0.05, 0.1) is 11.9 Å². The van der Waals surface area contributed by atoms with E-state index < -0.39 is 6.10 Å². The summed E-state index contributed by atoms with van der Waals surface area (Å²) in [6.45, 7) is 3.60. The SMILES string of the molecule is CCC(O)C(C)=C(N)N. The minimum atomic E-state index is -0.477. The fourth-order valence-electron chi connectivity index (χ4n) is 0.499. The smallest absolute Gasteiger partial charge is 0.0948 e. The van der Waals surface area contributed by atoms with Crippen molar-refractivity contribution >= 4 is 0 Å². The van der Waals surface area contributed by atoms with Crippen molar-refractivity contribution in [3.05, 3.63) is 11.4 Å². The first-order valence-electron chi connectivity index (χ1n) is 2.99. The highest BCUT2D eigenvalue weighted by molar-refractivity contribution is 5.09. The van der Waals surface area contributed by atoms with Gasteiger partial charge < -0.3 is 16.6 Å². The zero-order valence-electron chi connectivity index (χ0n) is 5.89. The molecule has 0 rings (SSSR count). The van der Waals surface area contributed by atoms with E-state index in [0.29, 0.717) is 12.0 Å². The lowest BCUT2D eigenvalue weighted by atomic mass is 10.1. The van der Waals surface area contributed by atoms with E-state index in [1.54, 1.807) is 6.92 Å². The normalized spacial score (nSPS) is 12.8. The van der Waals surface area contributed by atoms with Crippen molar-refractivity contribution in [2.24, 2.45) is 11.5 Å². The molecular formula is C6H14N2O. The van der Waals surface area contributed by atoms with Crippen molar-refractivity contribution in [1.29, 1.82) is 0 Å². The number of hydrogen-bond donors (Lipinski definition) is 3. The summed E-state index contributed by atoms with van der Waals surface area (Å²) in [7, 11) is 0. The third-order valence-electron chi connectivity index (χ3n) is 1.34. The van der Waals surface area contributed by atoms with Crippen molar-refractivity contribution in [1.82, 2.24) is 0 Å². The van der Waals surface area contributed by atoms with Crippen molar-refractivity contribution < 1.29 is 5.11 Å². The highest BCUT2D eigenvalue weighted by atomic mass is 16.3. The Balaban J connectivity index is 4.02. The van der Waals surface area contributed by atoms with Crippen LogP contribution in [0.2, 0.25) is 0 Å². The van der Waals surface area contributed by atoms with Crippen LogP contribution in [0.5, 0.6) is 0 Å². The van der Waals surface area contributed by atoms with Crippen molar-refractivity contribution in [2.45, 2.75) is 26.4 Å². The minimum absolute atomic E-state index is 0.226. The number of aliphatic hydroxyl groups excluding tert-OH is 1. The largest absolute Gasteiger partial charge is 0.389 e. The highest BCUT2D eigenvalue weighted by Crippen LogP contribution is 2.04. The lowest BCUT2D eigenvalue weighted by molar-refractivity contribution is 0.205. The standard InChI is InChI=1S/C6H14N2O/c1-3-5(9)4(2)6(7)8/h5,9H,3,7-8H2,1-2H3. The molecular weight excluding hydrogens is 116 g/mol. The van der Waals surface area contributed by atoms with Crippen LogP contribution in [0.1, 0.15) is 20.3 Å². The van der Waals surface area contributed by atoms with E-state index in [0.717, 1.165) is 0 Å². The summed E-state index contributed by atoms with van der Waals surface area (Å²) in [6.07, 6.45) is 0.180. The Labute approximate surface area is 55.3 Å². The van der Waals surface area contributed by atoms with Crippen molar-refractivity contribution in [2.75, 3.05) is 0 Å². The second kappa shape index (κ2) is 3.35. The molecule has 3 nitrogen and oxygen atoms in total. The maximum Gasteiger partial charge on any atom is 0.0948 e. The molecule has 9 heavy (non-hydrogen) atoms. The first-order valence-corrected chi connectivity index (χ1v) is 2.99. The van der Waals surface area contributed by atoms with E-state index in [-0.39, 0.29) is 5.82 Å². The molecule has 0 aliphatic heterocycles. The van der Waals surface area contributed by atoms with E-state index in [1.165, 1.54) is 0 Å². The van der Waals surface area contributed by atoms with E-state index in [1.807, 2.05) is 6.92 Å². The first-order chi connectivity index (χ1) is 4.09. The molecule has 1 atom stereocenters. The van der Waals surface area contributed by atoms with Crippen LogP contribution in [0, 0.1) is 0 Å². The summed E-state index contributed by atoms with van der Waals surface area (Å²) in [4.78, 5) is 0. The third-order valence-corrected chi connectivity index (χ3v) is 1.34. The van der Waals surface area contributed by atoms with Gasteiger partial charge in [-0.15, -0.1) is 0 Å². The zero-order valence-corrected chi connectivity index (χ0v) is 5.89. The molecule has 3 heteroatoms. The van der Waals surface area contributed by atoms with Gasteiger partial charge in [-0.3, -0.25) is 0 Å². The molecule has 0 heterocycles. The molecule has 0 saturated heterocycles. The molecule has 54 valence electrons. The summed E-state index contributed by atoms with van der Waals surface area (Å²) in [5, 5.41) is 9.08. The highest BCUT2D eigenvalue weighted by Gasteiger charge is 2.04. The second-order valence-electron chi connectivity index (χ2n) is 2.06. The molecule has 0 bridgehead atoms. The van der Waals surface area contributed by atoms with Gasteiger partial charge in [-0.2, -0.15) is 0 Å². The van der Waals surface area contributed by atoms with Gasteiger partial charge in [-0.25, -0.2) is 0 Å². The molecule has 0 aliphatic carbocycles. The van der Waals surface area contributed by atoms with Crippen LogP contribution >= 0.6 is 0 Å². The lowest BCUT2D eigenvalue weighted by Gasteiger charge is -2.08. The summed E-state index contributed by atoms with van der Waals surface area (Å²) in [5.41, 5.74) is 11.1. The summed E-state index contributed by atoms with van der Waals surface area (Å²) < 4.78 is 0. The van der Waals surface area contributed by atoms with E-state index >= 15 is 0 Å². The average Bonchev–Trinajstić information content (AvgIpc) is 1.84. The number of nitrogens with two attached hydrogens (primary N) is 2. The Hall–Kier alpha value is -0.700. The zero-order chi connectivity index (χ0) is 7.44. The Morgan fingerprint density at radius 1 is 1.56 bits per heavy atom. The van der Waals surface area contributed by atoms with Crippen molar-refractivity contribution in [3.63, 3.8) is 0 Å². The van der Waals surface area contributed by atoms with Gasteiger partial charge in [0.15, 0.2) is 0 Å². The van der Waals surface area contributed by atoms with Crippen LogP contribution in [-0.4, -0.2) is 11.2 Å². The summed E-state index contributed by atoms with van der Waals surface area (Å²) >= 11 is 0. The van der Waals surface area contributed by atoms with E-state index in [2.05, 4.69) is 0 Å². The van der Waals surface area contributed by atoms with Gasteiger partial charge in [-0.1, -0.05) is 6.92 Å². The van der Waals surface area contributed by atoms with E-state index in [4.69, 9.17) is 16.6 Å². The summed E-state index contributed by atoms with van der Waals surface area (Å²) in [5.74, 6) is 0.226. The fourth-order valence-corrected chi connectivity index (χ4v) is 0.499. The average molecular weight is 130 g/mol. The molecule has 0 aliphatic rings. The maximum absolute atomic E-state index is 9.08. The van der Waals surface area contributed by atoms with Crippen LogP contribution < -0.4 is 11.5 Å². The van der Waals surface area contributed by atoms with Crippen LogP contribution in [0.15, 0.2) is 11.4 Å². The predicted octanol–water partition coefficient (Wildman–Crippen LogP) is -0.0938. The van der Waals surface area contributed by atoms with Gasteiger partial charge in [0, 0.05) is 0 Å². The molecule has 0 radical (unpaired) electrons. The molecule has 1 unspecified atom stereocenters. The topological polar surface area (TPSA) is 72.3 Å².